The number of amides is 1. The second-order valence-electron chi connectivity index (χ2n) is 2.71. The second-order valence-corrected chi connectivity index (χ2v) is 3.70. The Labute approximate surface area is 86.9 Å². The summed E-state index contributed by atoms with van der Waals surface area (Å²) in [5.74, 6) is -0.742. The van der Waals surface area contributed by atoms with Gasteiger partial charge in [-0.25, -0.2) is 4.79 Å². The lowest BCUT2D eigenvalue weighted by Gasteiger charge is -2.12. The van der Waals surface area contributed by atoms with E-state index in [0.717, 1.165) is 0 Å². The fourth-order valence-electron chi connectivity index (χ4n) is 0.848. The van der Waals surface area contributed by atoms with Crippen LogP contribution in [0.5, 0.6) is 0 Å². The van der Waals surface area contributed by atoms with Crippen molar-refractivity contribution in [3.63, 3.8) is 0 Å². The predicted octanol–water partition coefficient (Wildman–Crippen LogP) is -0.309. The summed E-state index contributed by atoms with van der Waals surface area (Å²) in [4.78, 5) is 21.7. The first-order valence-corrected chi connectivity index (χ1v) is 5.63. The molecule has 0 rings (SSSR count). The molecule has 0 aliphatic carbocycles. The fraction of sp³-hybridized carbons (Fsp3) is 0.750. The lowest BCUT2D eigenvalue weighted by molar-refractivity contribution is -0.142. The average Bonchev–Trinajstić information content (AvgIpc) is 2.14. The number of carbonyl (C=O) groups is 2. The van der Waals surface area contributed by atoms with E-state index in [4.69, 9.17) is 10.2 Å². The highest BCUT2D eigenvalue weighted by molar-refractivity contribution is 7.98. The first-order chi connectivity index (χ1) is 6.61. The number of carboxylic acid groups (broad SMARTS) is 1. The van der Waals surface area contributed by atoms with Crippen LogP contribution in [-0.2, 0) is 9.59 Å². The molecular weight excluding hydrogens is 206 g/mol. The molecule has 0 saturated heterocycles. The van der Waals surface area contributed by atoms with Crippen molar-refractivity contribution in [2.75, 3.05) is 18.6 Å². The molecule has 1 amide bonds. The van der Waals surface area contributed by atoms with Crippen molar-refractivity contribution < 1.29 is 19.8 Å². The van der Waals surface area contributed by atoms with Crippen molar-refractivity contribution in [2.24, 2.45) is 0 Å². The van der Waals surface area contributed by atoms with Gasteiger partial charge >= 0.3 is 5.97 Å². The number of hydrogen-bond donors (Lipinski definition) is 3. The molecule has 0 aromatic heterocycles. The zero-order valence-electron chi connectivity index (χ0n) is 8.02. The molecule has 0 saturated carbocycles. The maximum Gasteiger partial charge on any atom is 0.326 e. The molecule has 5 nitrogen and oxygen atoms in total. The summed E-state index contributed by atoms with van der Waals surface area (Å²) >= 11 is 1.52. The van der Waals surface area contributed by atoms with Gasteiger partial charge < -0.3 is 15.5 Å². The Morgan fingerprint density at radius 1 is 1.50 bits per heavy atom. The van der Waals surface area contributed by atoms with Crippen LogP contribution in [0.15, 0.2) is 0 Å². The zero-order chi connectivity index (χ0) is 11.0. The molecule has 0 unspecified atom stereocenters. The highest BCUT2D eigenvalue weighted by Crippen LogP contribution is 1.97. The maximum atomic E-state index is 11.1. The van der Waals surface area contributed by atoms with E-state index in [9.17, 15) is 9.59 Å². The van der Waals surface area contributed by atoms with Crippen LogP contribution in [0.2, 0.25) is 0 Å². The minimum Gasteiger partial charge on any atom is -0.480 e. The Morgan fingerprint density at radius 2 is 2.14 bits per heavy atom. The van der Waals surface area contributed by atoms with Gasteiger partial charge in [0.1, 0.15) is 6.04 Å². The van der Waals surface area contributed by atoms with Crippen molar-refractivity contribution in [1.29, 1.82) is 0 Å². The largest absolute Gasteiger partial charge is 0.480 e. The number of thioether (sulfide) groups is 1. The third-order valence-corrected chi connectivity index (χ3v) is 2.20. The molecule has 0 aromatic carbocycles. The Hall–Kier alpha value is -0.750. The van der Waals surface area contributed by atoms with E-state index in [1.165, 1.54) is 11.8 Å². The van der Waals surface area contributed by atoms with Crippen LogP contribution in [0, 0.1) is 0 Å². The minimum atomic E-state index is -1.11. The Morgan fingerprint density at radius 3 is 2.57 bits per heavy atom. The quantitative estimate of drug-likeness (QED) is 0.549. The molecule has 0 fully saturated rings. The number of rotatable bonds is 7. The first kappa shape index (κ1) is 13.2. The molecule has 14 heavy (non-hydrogen) atoms. The molecule has 6 heteroatoms. The maximum absolute atomic E-state index is 11.1. The van der Waals surface area contributed by atoms with Crippen molar-refractivity contribution >= 4 is 23.6 Å². The van der Waals surface area contributed by atoms with Crippen LogP contribution in [0.25, 0.3) is 0 Å². The highest BCUT2D eigenvalue weighted by Gasteiger charge is 2.18. The Balaban J connectivity index is 3.90. The lowest BCUT2D eigenvalue weighted by Crippen LogP contribution is -2.41. The van der Waals surface area contributed by atoms with E-state index < -0.39 is 12.0 Å². The smallest absolute Gasteiger partial charge is 0.326 e. The van der Waals surface area contributed by atoms with Crippen LogP contribution >= 0.6 is 11.8 Å². The van der Waals surface area contributed by atoms with Crippen LogP contribution in [0.1, 0.15) is 12.8 Å². The standard InChI is InChI=1S/C8H15NO4S/c1-14-5-3-7(11)9-6(2-4-10)8(12)13/h6,10H,2-5H2,1H3,(H,9,11)(H,12,13)/t6-/m1/s1. The molecule has 3 N–H and O–H groups in total. The van der Waals surface area contributed by atoms with Gasteiger partial charge in [-0.2, -0.15) is 11.8 Å². The molecule has 0 heterocycles. The molecule has 1 atom stereocenters. The van der Waals surface area contributed by atoms with Gasteiger partial charge in [0.15, 0.2) is 0 Å². The van der Waals surface area contributed by atoms with E-state index in [0.29, 0.717) is 12.2 Å². The predicted molar refractivity (Wildman–Crippen MR) is 54.3 cm³/mol. The van der Waals surface area contributed by atoms with E-state index >= 15 is 0 Å². The van der Waals surface area contributed by atoms with Crippen molar-refractivity contribution in [1.82, 2.24) is 5.32 Å². The van der Waals surface area contributed by atoms with E-state index in [1.807, 2.05) is 6.26 Å². The fourth-order valence-corrected chi connectivity index (χ4v) is 1.24. The van der Waals surface area contributed by atoms with Gasteiger partial charge in [-0.05, 0) is 6.26 Å². The number of nitrogens with one attached hydrogen (secondary N) is 1. The van der Waals surface area contributed by atoms with Gasteiger partial charge in [-0.1, -0.05) is 0 Å². The SMILES string of the molecule is CSCCC(=O)N[C@H](CCO)C(=O)O. The second kappa shape index (κ2) is 7.64. The Kier molecular flexibility index (Phi) is 7.23. The van der Waals surface area contributed by atoms with Gasteiger partial charge in [0, 0.05) is 25.2 Å². The minimum absolute atomic E-state index is 0.0420. The Bertz CT molecular complexity index is 198. The highest BCUT2D eigenvalue weighted by atomic mass is 32.2. The van der Waals surface area contributed by atoms with Crippen molar-refractivity contribution in [3.05, 3.63) is 0 Å². The number of aliphatic carboxylic acids is 1. The molecule has 82 valence electrons. The number of aliphatic hydroxyl groups is 1. The molecule has 0 aliphatic heterocycles. The van der Waals surface area contributed by atoms with Crippen molar-refractivity contribution in [3.8, 4) is 0 Å². The summed E-state index contributed by atoms with van der Waals surface area (Å²) in [5.41, 5.74) is 0. The number of carboxylic acids is 1. The van der Waals surface area contributed by atoms with Crippen LogP contribution in [0.3, 0.4) is 0 Å². The first-order valence-electron chi connectivity index (χ1n) is 4.23. The summed E-state index contributed by atoms with van der Waals surface area (Å²) < 4.78 is 0. The third kappa shape index (κ3) is 5.82. The lowest BCUT2D eigenvalue weighted by atomic mass is 10.2. The number of aliphatic hydroxyl groups excluding tert-OH is 1. The molecular formula is C8H15NO4S. The van der Waals surface area contributed by atoms with Crippen LogP contribution < -0.4 is 5.32 Å². The molecule has 0 aliphatic rings. The molecule has 0 bridgehead atoms. The summed E-state index contributed by atoms with van der Waals surface area (Å²) in [6.45, 7) is -0.250. The van der Waals surface area contributed by atoms with Gasteiger partial charge in [0.2, 0.25) is 5.91 Å². The van der Waals surface area contributed by atoms with Crippen LogP contribution in [0.4, 0.5) is 0 Å². The number of carbonyl (C=O) groups excluding carboxylic acids is 1. The molecule has 0 spiro atoms. The summed E-state index contributed by atoms with van der Waals surface area (Å²) in [7, 11) is 0. The molecule has 0 radical (unpaired) electrons. The molecule has 0 aromatic rings. The normalized spacial score (nSPS) is 12.1. The zero-order valence-corrected chi connectivity index (χ0v) is 8.84. The van der Waals surface area contributed by atoms with E-state index in [-0.39, 0.29) is 18.9 Å². The van der Waals surface area contributed by atoms with Gasteiger partial charge in [0.05, 0.1) is 0 Å². The number of hydrogen-bond acceptors (Lipinski definition) is 4. The van der Waals surface area contributed by atoms with Gasteiger partial charge in [0.25, 0.3) is 0 Å². The van der Waals surface area contributed by atoms with E-state index in [1.54, 1.807) is 0 Å². The average molecular weight is 221 g/mol. The monoisotopic (exact) mass is 221 g/mol. The summed E-state index contributed by atoms with van der Waals surface area (Å²) in [5, 5.41) is 19.5. The van der Waals surface area contributed by atoms with Crippen LogP contribution in [-0.4, -0.2) is 46.7 Å². The topological polar surface area (TPSA) is 86.6 Å². The summed E-state index contributed by atoms with van der Waals surface area (Å²) in [6.07, 6.45) is 2.21. The van der Waals surface area contributed by atoms with Gasteiger partial charge in [-0.15, -0.1) is 0 Å². The van der Waals surface area contributed by atoms with Crippen molar-refractivity contribution in [2.45, 2.75) is 18.9 Å². The van der Waals surface area contributed by atoms with E-state index in [2.05, 4.69) is 5.32 Å². The third-order valence-electron chi connectivity index (χ3n) is 1.58. The summed E-state index contributed by atoms with van der Waals surface area (Å²) in [6, 6.07) is -0.977. The van der Waals surface area contributed by atoms with Gasteiger partial charge in [-0.3, -0.25) is 4.79 Å².